The molecule has 0 aliphatic carbocycles. The molecule has 0 spiro atoms. The first kappa shape index (κ1) is 13.1. The topological polar surface area (TPSA) is 56.1 Å². The number of hydrogen-bond donors (Lipinski definition) is 1. The number of nitrogens with one attached hydrogen (secondary N) is 1. The quantitative estimate of drug-likeness (QED) is 0.885. The molecule has 0 aliphatic heterocycles. The van der Waals surface area contributed by atoms with E-state index < -0.39 is 0 Å². The fraction of sp³-hybridized carbons (Fsp3) is 0.286. The number of nitrogens with zero attached hydrogens (tertiary/aromatic N) is 2. The first-order chi connectivity index (χ1) is 9.22. The zero-order chi connectivity index (χ0) is 13.7. The molecule has 1 N–H and O–H groups in total. The van der Waals surface area contributed by atoms with Gasteiger partial charge in [0.15, 0.2) is 0 Å². The molecule has 0 unspecified atom stereocenters. The van der Waals surface area contributed by atoms with Crippen LogP contribution in [0.4, 0.5) is 5.69 Å². The number of anilines is 1. The van der Waals surface area contributed by atoms with Gasteiger partial charge in [-0.3, -0.25) is 4.79 Å². The van der Waals surface area contributed by atoms with Crippen molar-refractivity contribution in [2.24, 2.45) is 0 Å². The molecule has 0 amide bonds. The lowest BCUT2D eigenvalue weighted by atomic mass is 10.1. The number of hydrogen-bond acceptors (Lipinski definition) is 4. The Labute approximate surface area is 111 Å². The Morgan fingerprint density at radius 1 is 1.32 bits per heavy atom. The standard InChI is InChI=1S/C14H17N3O2/c1-15-12-9-14(18)17(16-10-12)8-7-11-3-5-13(19-2)6-4-11/h3-6,9-10,15H,7-8H2,1-2H3. The maximum absolute atomic E-state index is 11.8. The number of methoxy groups -OCH3 is 1. The third kappa shape index (κ3) is 3.34. The second-order valence-corrected chi connectivity index (χ2v) is 4.15. The maximum Gasteiger partial charge on any atom is 0.268 e. The summed E-state index contributed by atoms with van der Waals surface area (Å²) in [5.41, 5.74) is 1.78. The molecule has 0 radical (unpaired) electrons. The van der Waals surface area contributed by atoms with Crippen LogP contribution in [0.1, 0.15) is 5.56 Å². The third-order valence-corrected chi connectivity index (χ3v) is 2.93. The number of aryl methyl sites for hydroxylation is 2. The van der Waals surface area contributed by atoms with Crippen LogP contribution in [0.3, 0.4) is 0 Å². The first-order valence-electron chi connectivity index (χ1n) is 6.11. The molecular formula is C14H17N3O2. The summed E-state index contributed by atoms with van der Waals surface area (Å²) in [4.78, 5) is 11.8. The Balaban J connectivity index is 2.03. The molecular weight excluding hydrogens is 242 g/mol. The van der Waals surface area contributed by atoms with Gasteiger partial charge in [0.2, 0.25) is 0 Å². The number of aromatic nitrogens is 2. The summed E-state index contributed by atoms with van der Waals surface area (Å²) in [6.45, 7) is 0.565. The van der Waals surface area contributed by atoms with Crippen LogP contribution in [0.15, 0.2) is 41.3 Å². The largest absolute Gasteiger partial charge is 0.497 e. The van der Waals surface area contributed by atoms with E-state index in [4.69, 9.17) is 4.74 Å². The van der Waals surface area contributed by atoms with Crippen molar-refractivity contribution in [3.8, 4) is 5.75 Å². The zero-order valence-electron chi connectivity index (χ0n) is 11.1. The molecule has 19 heavy (non-hydrogen) atoms. The fourth-order valence-corrected chi connectivity index (χ4v) is 1.77. The lowest BCUT2D eigenvalue weighted by Crippen LogP contribution is -2.23. The predicted molar refractivity (Wildman–Crippen MR) is 74.7 cm³/mol. The van der Waals surface area contributed by atoms with Crippen LogP contribution in [0.2, 0.25) is 0 Å². The molecule has 1 aromatic carbocycles. The van der Waals surface area contributed by atoms with Crippen LogP contribution in [0, 0.1) is 0 Å². The van der Waals surface area contributed by atoms with Crippen molar-refractivity contribution in [3.05, 3.63) is 52.4 Å². The Bertz CT molecular complexity index is 590. The lowest BCUT2D eigenvalue weighted by Gasteiger charge is -2.06. The summed E-state index contributed by atoms with van der Waals surface area (Å²) < 4.78 is 6.57. The molecule has 5 nitrogen and oxygen atoms in total. The maximum atomic E-state index is 11.8. The smallest absolute Gasteiger partial charge is 0.268 e. The SMILES string of the molecule is CNc1cnn(CCc2ccc(OC)cc2)c(=O)c1. The van der Waals surface area contributed by atoms with Gasteiger partial charge in [0.05, 0.1) is 19.0 Å². The van der Waals surface area contributed by atoms with Gasteiger partial charge < -0.3 is 10.1 Å². The minimum Gasteiger partial charge on any atom is -0.497 e. The van der Waals surface area contributed by atoms with Crippen LogP contribution >= 0.6 is 0 Å². The lowest BCUT2D eigenvalue weighted by molar-refractivity contribution is 0.414. The van der Waals surface area contributed by atoms with E-state index in [1.54, 1.807) is 26.4 Å². The number of benzene rings is 1. The average Bonchev–Trinajstić information content (AvgIpc) is 2.46. The van der Waals surface area contributed by atoms with E-state index in [2.05, 4.69) is 10.4 Å². The van der Waals surface area contributed by atoms with Crippen molar-refractivity contribution < 1.29 is 4.74 Å². The van der Waals surface area contributed by atoms with Gasteiger partial charge in [-0.25, -0.2) is 4.68 Å². The Morgan fingerprint density at radius 2 is 2.05 bits per heavy atom. The summed E-state index contributed by atoms with van der Waals surface area (Å²) >= 11 is 0. The van der Waals surface area contributed by atoms with E-state index in [1.165, 1.54) is 4.68 Å². The van der Waals surface area contributed by atoms with Gasteiger partial charge in [0.1, 0.15) is 5.75 Å². The van der Waals surface area contributed by atoms with Gasteiger partial charge in [-0.2, -0.15) is 5.10 Å². The average molecular weight is 259 g/mol. The fourth-order valence-electron chi connectivity index (χ4n) is 1.77. The molecule has 100 valence electrons. The van der Waals surface area contributed by atoms with Crippen molar-refractivity contribution in [2.75, 3.05) is 19.5 Å². The molecule has 1 heterocycles. The number of ether oxygens (including phenoxy) is 1. The summed E-state index contributed by atoms with van der Waals surface area (Å²) in [5, 5.41) is 7.01. The minimum atomic E-state index is -0.0969. The second kappa shape index (κ2) is 6.04. The van der Waals surface area contributed by atoms with Crippen LogP contribution in [-0.2, 0) is 13.0 Å². The van der Waals surface area contributed by atoms with Gasteiger partial charge in [-0.1, -0.05) is 12.1 Å². The predicted octanol–water partition coefficient (Wildman–Crippen LogP) is 1.54. The summed E-state index contributed by atoms with van der Waals surface area (Å²) in [5.74, 6) is 0.831. The highest BCUT2D eigenvalue weighted by molar-refractivity contribution is 5.37. The minimum absolute atomic E-state index is 0.0969. The van der Waals surface area contributed by atoms with Crippen LogP contribution in [0.5, 0.6) is 5.75 Å². The molecule has 0 fully saturated rings. The van der Waals surface area contributed by atoms with E-state index in [9.17, 15) is 4.79 Å². The van der Waals surface area contributed by atoms with Crippen molar-refractivity contribution in [1.29, 1.82) is 0 Å². The highest BCUT2D eigenvalue weighted by atomic mass is 16.5. The van der Waals surface area contributed by atoms with Crippen molar-refractivity contribution >= 4 is 5.69 Å². The van der Waals surface area contributed by atoms with E-state index >= 15 is 0 Å². The molecule has 2 aromatic rings. The molecule has 0 bridgehead atoms. The Morgan fingerprint density at radius 3 is 2.63 bits per heavy atom. The van der Waals surface area contributed by atoms with Gasteiger partial charge in [-0.15, -0.1) is 0 Å². The summed E-state index contributed by atoms with van der Waals surface area (Å²) in [6.07, 6.45) is 2.41. The molecule has 0 saturated carbocycles. The molecule has 0 saturated heterocycles. The van der Waals surface area contributed by atoms with Crippen molar-refractivity contribution in [3.63, 3.8) is 0 Å². The summed E-state index contributed by atoms with van der Waals surface area (Å²) in [6, 6.07) is 9.35. The third-order valence-electron chi connectivity index (χ3n) is 2.93. The molecule has 0 atom stereocenters. The highest BCUT2D eigenvalue weighted by Gasteiger charge is 2.00. The van der Waals surface area contributed by atoms with Crippen LogP contribution in [0.25, 0.3) is 0 Å². The van der Waals surface area contributed by atoms with Crippen LogP contribution < -0.4 is 15.6 Å². The van der Waals surface area contributed by atoms with Crippen LogP contribution in [-0.4, -0.2) is 23.9 Å². The molecule has 5 heteroatoms. The van der Waals surface area contributed by atoms with Gasteiger partial charge in [-0.05, 0) is 24.1 Å². The first-order valence-corrected chi connectivity index (χ1v) is 6.11. The highest BCUT2D eigenvalue weighted by Crippen LogP contribution is 2.11. The molecule has 0 aliphatic rings. The van der Waals surface area contributed by atoms with E-state index in [0.717, 1.165) is 23.4 Å². The molecule has 1 aromatic heterocycles. The number of rotatable bonds is 5. The van der Waals surface area contributed by atoms with E-state index in [1.807, 2.05) is 24.3 Å². The van der Waals surface area contributed by atoms with E-state index in [0.29, 0.717) is 6.54 Å². The van der Waals surface area contributed by atoms with E-state index in [-0.39, 0.29) is 5.56 Å². The van der Waals surface area contributed by atoms with Gasteiger partial charge in [0, 0.05) is 19.7 Å². The van der Waals surface area contributed by atoms with Gasteiger partial charge >= 0.3 is 0 Å². The second-order valence-electron chi connectivity index (χ2n) is 4.15. The summed E-state index contributed by atoms with van der Waals surface area (Å²) in [7, 11) is 3.40. The Kier molecular flexibility index (Phi) is 4.18. The van der Waals surface area contributed by atoms with Crippen molar-refractivity contribution in [2.45, 2.75) is 13.0 Å². The Hall–Kier alpha value is -2.30. The van der Waals surface area contributed by atoms with Gasteiger partial charge in [0.25, 0.3) is 5.56 Å². The monoisotopic (exact) mass is 259 g/mol. The molecule has 2 rings (SSSR count). The normalized spacial score (nSPS) is 10.2. The van der Waals surface area contributed by atoms with Crippen molar-refractivity contribution in [1.82, 2.24) is 9.78 Å². The zero-order valence-corrected chi connectivity index (χ0v) is 11.1.